The van der Waals surface area contributed by atoms with Crippen molar-refractivity contribution in [2.45, 2.75) is 19.6 Å². The minimum Gasteiger partial charge on any atom is -0.491 e. The third kappa shape index (κ3) is 4.12. The second-order valence-electron chi connectivity index (χ2n) is 5.77. The van der Waals surface area contributed by atoms with Gasteiger partial charge in [-0.1, -0.05) is 35.3 Å². The number of aliphatic hydroxyl groups excluding tert-OH is 1. The molecule has 1 atom stereocenters. The molecule has 3 aromatic rings. The molecule has 0 radical (unpaired) electrons. The van der Waals surface area contributed by atoms with Gasteiger partial charge in [0.25, 0.3) is 5.56 Å². The van der Waals surface area contributed by atoms with Crippen LogP contribution in [0.5, 0.6) is 5.75 Å². The minimum atomic E-state index is -0.868. The van der Waals surface area contributed by atoms with Crippen LogP contribution in [0.4, 0.5) is 0 Å². The number of aliphatic hydroxyl groups is 1. The number of halogens is 2. The lowest BCUT2D eigenvalue weighted by atomic mass is 10.2. The van der Waals surface area contributed by atoms with Crippen LogP contribution < -0.4 is 10.3 Å². The lowest BCUT2D eigenvalue weighted by Crippen LogP contribution is -2.30. The van der Waals surface area contributed by atoms with Crippen molar-refractivity contribution in [3.05, 3.63) is 68.7 Å². The van der Waals surface area contributed by atoms with Gasteiger partial charge in [-0.3, -0.25) is 9.36 Å². The summed E-state index contributed by atoms with van der Waals surface area (Å²) in [7, 11) is 0. The number of nitrogens with zero attached hydrogens (tertiary/aromatic N) is 2. The van der Waals surface area contributed by atoms with E-state index >= 15 is 0 Å². The molecular weight excluding hydrogens is 363 g/mol. The fraction of sp³-hybridized carbons (Fsp3) is 0.222. The molecule has 3 rings (SSSR count). The summed E-state index contributed by atoms with van der Waals surface area (Å²) in [6, 6.07) is 10.6. The van der Waals surface area contributed by atoms with Crippen molar-refractivity contribution in [3.63, 3.8) is 0 Å². The van der Waals surface area contributed by atoms with Crippen LogP contribution in [0.15, 0.2) is 47.5 Å². The molecule has 0 saturated carbocycles. The van der Waals surface area contributed by atoms with Crippen LogP contribution in [0.1, 0.15) is 5.56 Å². The molecule has 1 N–H and O–H groups in total. The van der Waals surface area contributed by atoms with Crippen LogP contribution in [0, 0.1) is 6.92 Å². The van der Waals surface area contributed by atoms with E-state index in [0.717, 1.165) is 5.56 Å². The summed E-state index contributed by atoms with van der Waals surface area (Å²) in [5.41, 5.74) is 1.14. The van der Waals surface area contributed by atoms with Gasteiger partial charge in [0.05, 0.1) is 28.8 Å². The summed E-state index contributed by atoms with van der Waals surface area (Å²) >= 11 is 12.0. The lowest BCUT2D eigenvalue weighted by Gasteiger charge is -2.14. The Kier molecular flexibility index (Phi) is 5.27. The van der Waals surface area contributed by atoms with Gasteiger partial charge in [-0.2, -0.15) is 0 Å². The van der Waals surface area contributed by atoms with Gasteiger partial charge >= 0.3 is 0 Å². The van der Waals surface area contributed by atoms with Crippen molar-refractivity contribution < 1.29 is 9.84 Å². The first-order chi connectivity index (χ1) is 11.9. The molecule has 5 nitrogen and oxygen atoms in total. The topological polar surface area (TPSA) is 64.3 Å². The average Bonchev–Trinajstić information content (AvgIpc) is 2.56. The largest absolute Gasteiger partial charge is 0.491 e. The van der Waals surface area contributed by atoms with Gasteiger partial charge in [0.2, 0.25) is 0 Å². The molecule has 0 fully saturated rings. The SMILES string of the molecule is Cc1cccc(OC[C@@H](O)Cn2cnc3c(Cl)cc(Cl)cc3c2=O)c1. The molecule has 2 aromatic carbocycles. The summed E-state index contributed by atoms with van der Waals surface area (Å²) in [4.78, 5) is 16.7. The molecule has 25 heavy (non-hydrogen) atoms. The van der Waals surface area contributed by atoms with Gasteiger partial charge in [-0.15, -0.1) is 0 Å². The van der Waals surface area contributed by atoms with Crippen molar-refractivity contribution >= 4 is 34.1 Å². The Balaban J connectivity index is 1.76. The van der Waals surface area contributed by atoms with Crippen LogP contribution in [0.2, 0.25) is 10.0 Å². The molecule has 0 amide bonds. The van der Waals surface area contributed by atoms with Gasteiger partial charge < -0.3 is 9.84 Å². The number of benzene rings is 2. The lowest BCUT2D eigenvalue weighted by molar-refractivity contribution is 0.0914. The monoisotopic (exact) mass is 378 g/mol. The summed E-state index contributed by atoms with van der Waals surface area (Å²) in [5.74, 6) is 0.668. The molecule has 0 aliphatic heterocycles. The second kappa shape index (κ2) is 7.44. The number of aryl methyl sites for hydroxylation is 1. The maximum absolute atomic E-state index is 12.5. The van der Waals surface area contributed by atoms with Gasteiger partial charge in [0.15, 0.2) is 0 Å². The molecule has 0 unspecified atom stereocenters. The Hall–Kier alpha value is -2.08. The van der Waals surface area contributed by atoms with E-state index in [4.69, 9.17) is 27.9 Å². The summed E-state index contributed by atoms with van der Waals surface area (Å²) < 4.78 is 6.88. The number of aromatic nitrogens is 2. The summed E-state index contributed by atoms with van der Waals surface area (Å²) in [6.45, 7) is 2.07. The minimum absolute atomic E-state index is 0.0533. The maximum Gasteiger partial charge on any atom is 0.261 e. The van der Waals surface area contributed by atoms with E-state index in [2.05, 4.69) is 4.98 Å². The standard InChI is InChI=1S/C18H16Cl2N2O3/c1-11-3-2-4-14(5-11)25-9-13(23)8-22-10-21-17-15(18(22)24)6-12(19)7-16(17)20/h2-7,10,13,23H,8-9H2,1H3/t13-/m0/s1. The summed E-state index contributed by atoms with van der Waals surface area (Å²) in [6.07, 6.45) is 0.493. The Bertz CT molecular complexity index is 972. The third-order valence-electron chi connectivity index (χ3n) is 3.69. The van der Waals surface area contributed by atoms with Crippen LogP contribution in [0.3, 0.4) is 0 Å². The third-order valence-corrected chi connectivity index (χ3v) is 4.19. The van der Waals surface area contributed by atoms with Crippen molar-refractivity contribution in [1.29, 1.82) is 0 Å². The maximum atomic E-state index is 12.5. The van der Waals surface area contributed by atoms with Gasteiger partial charge in [0, 0.05) is 5.02 Å². The second-order valence-corrected chi connectivity index (χ2v) is 6.61. The van der Waals surface area contributed by atoms with E-state index < -0.39 is 6.10 Å². The molecule has 0 saturated heterocycles. The fourth-order valence-electron chi connectivity index (χ4n) is 2.50. The fourth-order valence-corrected chi connectivity index (χ4v) is 3.04. The highest BCUT2D eigenvalue weighted by Crippen LogP contribution is 2.24. The van der Waals surface area contributed by atoms with Crippen LogP contribution in [0.25, 0.3) is 10.9 Å². The number of hydrogen-bond donors (Lipinski definition) is 1. The van der Waals surface area contributed by atoms with Crippen LogP contribution in [-0.2, 0) is 6.54 Å². The Morgan fingerprint density at radius 1 is 1.28 bits per heavy atom. The zero-order chi connectivity index (χ0) is 18.0. The van der Waals surface area contributed by atoms with E-state index in [1.165, 1.54) is 23.0 Å². The van der Waals surface area contributed by atoms with E-state index in [1.807, 2.05) is 31.2 Å². The first kappa shape index (κ1) is 17.7. The van der Waals surface area contributed by atoms with Crippen LogP contribution in [-0.4, -0.2) is 27.4 Å². The molecule has 0 spiro atoms. The van der Waals surface area contributed by atoms with Crippen molar-refractivity contribution in [2.24, 2.45) is 0 Å². The molecule has 0 aliphatic carbocycles. The van der Waals surface area contributed by atoms with Crippen molar-refractivity contribution in [2.75, 3.05) is 6.61 Å². The first-order valence-corrected chi connectivity index (χ1v) is 8.41. The smallest absolute Gasteiger partial charge is 0.261 e. The first-order valence-electron chi connectivity index (χ1n) is 7.66. The number of ether oxygens (including phenoxy) is 1. The predicted octanol–water partition coefficient (Wildman–Crippen LogP) is 3.45. The Labute approximate surface area is 154 Å². The van der Waals surface area contributed by atoms with E-state index in [9.17, 15) is 9.90 Å². The highest BCUT2D eigenvalue weighted by Gasteiger charge is 2.12. The number of fused-ring (bicyclic) bond motifs is 1. The van der Waals surface area contributed by atoms with Gasteiger partial charge in [0.1, 0.15) is 18.5 Å². The highest BCUT2D eigenvalue weighted by atomic mass is 35.5. The number of hydrogen-bond acceptors (Lipinski definition) is 4. The molecule has 130 valence electrons. The molecule has 0 bridgehead atoms. The molecule has 1 aromatic heterocycles. The van der Waals surface area contributed by atoms with Crippen molar-refractivity contribution in [3.8, 4) is 5.75 Å². The van der Waals surface area contributed by atoms with Gasteiger partial charge in [-0.25, -0.2) is 4.98 Å². The zero-order valence-electron chi connectivity index (χ0n) is 13.4. The summed E-state index contributed by atoms with van der Waals surface area (Å²) in [5, 5.41) is 11.2. The predicted molar refractivity (Wildman–Crippen MR) is 98.7 cm³/mol. The number of rotatable bonds is 5. The Morgan fingerprint density at radius 2 is 2.08 bits per heavy atom. The van der Waals surface area contributed by atoms with Gasteiger partial charge in [-0.05, 0) is 36.8 Å². The van der Waals surface area contributed by atoms with Crippen molar-refractivity contribution in [1.82, 2.24) is 9.55 Å². The molecule has 0 aliphatic rings. The zero-order valence-corrected chi connectivity index (χ0v) is 15.0. The van der Waals surface area contributed by atoms with E-state index in [0.29, 0.717) is 26.7 Å². The highest BCUT2D eigenvalue weighted by molar-refractivity contribution is 6.38. The molecule has 1 heterocycles. The average molecular weight is 379 g/mol. The Morgan fingerprint density at radius 3 is 2.84 bits per heavy atom. The molecule has 7 heteroatoms. The molecular formula is C18H16Cl2N2O3. The quantitative estimate of drug-likeness (QED) is 0.738. The van der Waals surface area contributed by atoms with E-state index in [1.54, 1.807) is 0 Å². The van der Waals surface area contributed by atoms with E-state index in [-0.39, 0.29) is 18.7 Å². The normalized spacial score (nSPS) is 12.3. The van der Waals surface area contributed by atoms with Crippen LogP contribution >= 0.6 is 23.2 Å².